The lowest BCUT2D eigenvalue weighted by Crippen LogP contribution is -2.48. The second-order valence-corrected chi connectivity index (χ2v) is 6.84. The molecule has 1 aliphatic rings. The van der Waals surface area contributed by atoms with Gasteiger partial charge in [0.2, 0.25) is 0 Å². The Morgan fingerprint density at radius 2 is 1.79 bits per heavy atom. The highest BCUT2D eigenvalue weighted by atomic mass is 16.5. The Morgan fingerprint density at radius 3 is 2.50 bits per heavy atom. The zero-order chi connectivity index (χ0) is 19.5. The van der Waals surface area contributed by atoms with Crippen molar-refractivity contribution in [1.82, 2.24) is 19.4 Å². The van der Waals surface area contributed by atoms with Crippen LogP contribution in [0.4, 0.5) is 0 Å². The highest BCUT2D eigenvalue weighted by molar-refractivity contribution is 5.95. The van der Waals surface area contributed by atoms with E-state index in [0.29, 0.717) is 30.2 Å². The van der Waals surface area contributed by atoms with Crippen molar-refractivity contribution in [2.45, 2.75) is 6.54 Å². The van der Waals surface area contributed by atoms with E-state index in [1.165, 1.54) is 0 Å². The fourth-order valence-electron chi connectivity index (χ4n) is 3.56. The van der Waals surface area contributed by atoms with E-state index in [0.717, 1.165) is 30.8 Å². The van der Waals surface area contributed by atoms with Gasteiger partial charge in [-0.1, -0.05) is 6.07 Å². The molecule has 3 heterocycles. The average molecular weight is 380 g/mol. The Kier molecular flexibility index (Phi) is 5.16. The lowest BCUT2D eigenvalue weighted by molar-refractivity contribution is 0.0626. The van der Waals surface area contributed by atoms with Gasteiger partial charge in [-0.05, 0) is 36.4 Å². The minimum Gasteiger partial charge on any atom is -0.493 e. The first-order valence-corrected chi connectivity index (χ1v) is 9.35. The summed E-state index contributed by atoms with van der Waals surface area (Å²) in [5.41, 5.74) is 2.76. The van der Waals surface area contributed by atoms with E-state index in [1.807, 2.05) is 27.7 Å². The molecule has 1 saturated heterocycles. The molecule has 7 nitrogen and oxygen atoms in total. The second-order valence-electron chi connectivity index (χ2n) is 6.84. The number of methoxy groups -OCH3 is 2. The van der Waals surface area contributed by atoms with Crippen LogP contribution in [0.25, 0.3) is 5.52 Å². The first-order chi connectivity index (χ1) is 13.7. The third-order valence-electron chi connectivity index (χ3n) is 5.10. The predicted octanol–water partition coefficient (Wildman–Crippen LogP) is 2.31. The summed E-state index contributed by atoms with van der Waals surface area (Å²) in [5.74, 6) is 1.21. The van der Waals surface area contributed by atoms with Crippen LogP contribution in [0.2, 0.25) is 0 Å². The van der Waals surface area contributed by atoms with Gasteiger partial charge in [-0.15, -0.1) is 0 Å². The van der Waals surface area contributed by atoms with Crippen molar-refractivity contribution in [3.63, 3.8) is 0 Å². The molecule has 3 aromatic rings. The molecule has 1 fully saturated rings. The van der Waals surface area contributed by atoms with Crippen molar-refractivity contribution in [2.24, 2.45) is 0 Å². The van der Waals surface area contributed by atoms with Crippen LogP contribution in [0.1, 0.15) is 16.1 Å². The molecule has 1 amide bonds. The van der Waals surface area contributed by atoms with Crippen LogP contribution in [-0.4, -0.2) is 65.7 Å². The van der Waals surface area contributed by atoms with Gasteiger partial charge >= 0.3 is 0 Å². The number of nitrogens with zero attached hydrogens (tertiary/aromatic N) is 4. The van der Waals surface area contributed by atoms with E-state index in [1.54, 1.807) is 32.4 Å². The highest BCUT2D eigenvalue weighted by Gasteiger charge is 2.23. The summed E-state index contributed by atoms with van der Waals surface area (Å²) >= 11 is 0. The molecule has 4 rings (SSSR count). The summed E-state index contributed by atoms with van der Waals surface area (Å²) in [5, 5.41) is 4.61. The molecule has 1 aromatic carbocycles. The van der Waals surface area contributed by atoms with Crippen molar-refractivity contribution >= 4 is 11.4 Å². The summed E-state index contributed by atoms with van der Waals surface area (Å²) in [7, 11) is 3.16. The van der Waals surface area contributed by atoms with Crippen LogP contribution < -0.4 is 9.47 Å². The molecule has 0 spiro atoms. The standard InChI is InChI=1S/C21H24N4O3/c1-27-19-7-6-16(13-20(19)28-2)21(26)24-11-9-23(10-12-24)15-17-14-18-5-3-4-8-25(18)22-17/h3-8,13-14H,9-12,15H2,1-2H3. The third-order valence-corrected chi connectivity index (χ3v) is 5.10. The number of ether oxygens (including phenoxy) is 2. The summed E-state index contributed by atoms with van der Waals surface area (Å²) < 4.78 is 12.4. The zero-order valence-corrected chi connectivity index (χ0v) is 16.2. The molecule has 1 aliphatic heterocycles. The van der Waals surface area contributed by atoms with Crippen molar-refractivity contribution in [3.8, 4) is 11.5 Å². The summed E-state index contributed by atoms with van der Waals surface area (Å²) in [6.45, 7) is 3.83. The van der Waals surface area contributed by atoms with Gasteiger partial charge in [0.15, 0.2) is 11.5 Å². The molecule has 0 bridgehead atoms. The zero-order valence-electron chi connectivity index (χ0n) is 16.2. The SMILES string of the molecule is COc1ccc(C(=O)N2CCN(Cc3cc4ccccn4n3)CC2)cc1OC. The largest absolute Gasteiger partial charge is 0.493 e. The van der Waals surface area contributed by atoms with Gasteiger partial charge in [0.25, 0.3) is 5.91 Å². The monoisotopic (exact) mass is 380 g/mol. The molecule has 0 saturated carbocycles. The maximum atomic E-state index is 12.8. The Hall–Kier alpha value is -3.06. The van der Waals surface area contributed by atoms with Gasteiger partial charge in [0.1, 0.15) is 0 Å². The number of piperazine rings is 1. The van der Waals surface area contributed by atoms with Crippen LogP contribution in [0, 0.1) is 0 Å². The summed E-state index contributed by atoms with van der Waals surface area (Å²) in [4.78, 5) is 17.1. The van der Waals surface area contributed by atoms with E-state index < -0.39 is 0 Å². The molecular weight excluding hydrogens is 356 g/mol. The van der Waals surface area contributed by atoms with Crippen molar-refractivity contribution < 1.29 is 14.3 Å². The number of benzene rings is 1. The Morgan fingerprint density at radius 1 is 1.00 bits per heavy atom. The van der Waals surface area contributed by atoms with Crippen LogP contribution >= 0.6 is 0 Å². The minimum absolute atomic E-state index is 0.0216. The molecule has 2 aromatic heterocycles. The lowest BCUT2D eigenvalue weighted by atomic mass is 10.1. The number of hydrogen-bond donors (Lipinski definition) is 0. The number of amides is 1. The quantitative estimate of drug-likeness (QED) is 0.680. The van der Waals surface area contributed by atoms with Gasteiger partial charge in [0, 0.05) is 44.5 Å². The highest BCUT2D eigenvalue weighted by Crippen LogP contribution is 2.28. The number of carbonyl (C=O) groups excluding carboxylic acids is 1. The van der Waals surface area contributed by atoms with Gasteiger partial charge in [-0.3, -0.25) is 9.69 Å². The molecule has 146 valence electrons. The molecule has 7 heteroatoms. The van der Waals surface area contributed by atoms with Crippen molar-refractivity contribution in [2.75, 3.05) is 40.4 Å². The van der Waals surface area contributed by atoms with Crippen molar-refractivity contribution in [3.05, 3.63) is 59.9 Å². The van der Waals surface area contributed by atoms with Crippen LogP contribution in [0.5, 0.6) is 11.5 Å². The van der Waals surface area contributed by atoms with E-state index in [9.17, 15) is 4.79 Å². The summed E-state index contributed by atoms with van der Waals surface area (Å²) in [6.07, 6.45) is 1.96. The Labute approximate surface area is 164 Å². The van der Waals surface area contributed by atoms with Crippen LogP contribution in [0.15, 0.2) is 48.7 Å². The molecular formula is C21H24N4O3. The van der Waals surface area contributed by atoms with Gasteiger partial charge in [-0.25, -0.2) is 4.52 Å². The Bertz CT molecular complexity index is 944. The molecule has 0 radical (unpaired) electrons. The second kappa shape index (κ2) is 7.90. The number of fused-ring (bicyclic) bond motifs is 1. The van der Waals surface area contributed by atoms with Gasteiger partial charge in [-0.2, -0.15) is 5.10 Å². The fourth-order valence-corrected chi connectivity index (χ4v) is 3.56. The molecule has 0 atom stereocenters. The molecule has 0 unspecified atom stereocenters. The van der Waals surface area contributed by atoms with E-state index >= 15 is 0 Å². The summed E-state index contributed by atoms with van der Waals surface area (Å²) in [6, 6.07) is 13.4. The smallest absolute Gasteiger partial charge is 0.254 e. The lowest BCUT2D eigenvalue weighted by Gasteiger charge is -2.34. The normalized spacial score (nSPS) is 15.0. The first kappa shape index (κ1) is 18.3. The number of rotatable bonds is 5. The number of aromatic nitrogens is 2. The molecule has 0 aliphatic carbocycles. The first-order valence-electron chi connectivity index (χ1n) is 9.35. The number of pyridine rings is 1. The Balaban J connectivity index is 1.37. The number of carbonyl (C=O) groups is 1. The van der Waals surface area contributed by atoms with E-state index in [-0.39, 0.29) is 5.91 Å². The number of hydrogen-bond acceptors (Lipinski definition) is 5. The van der Waals surface area contributed by atoms with E-state index in [4.69, 9.17) is 9.47 Å². The third kappa shape index (κ3) is 3.66. The fraction of sp³-hybridized carbons (Fsp3) is 0.333. The maximum absolute atomic E-state index is 12.8. The van der Waals surface area contributed by atoms with Gasteiger partial charge in [0.05, 0.1) is 25.4 Å². The minimum atomic E-state index is 0.0216. The molecule has 0 N–H and O–H groups in total. The predicted molar refractivity (Wildman–Crippen MR) is 106 cm³/mol. The van der Waals surface area contributed by atoms with Crippen molar-refractivity contribution in [1.29, 1.82) is 0 Å². The van der Waals surface area contributed by atoms with Crippen LogP contribution in [-0.2, 0) is 6.54 Å². The topological polar surface area (TPSA) is 59.3 Å². The maximum Gasteiger partial charge on any atom is 0.254 e. The van der Waals surface area contributed by atoms with Gasteiger partial charge < -0.3 is 14.4 Å². The average Bonchev–Trinajstić information content (AvgIpc) is 3.15. The van der Waals surface area contributed by atoms with Crippen LogP contribution in [0.3, 0.4) is 0 Å². The molecule has 28 heavy (non-hydrogen) atoms. The van der Waals surface area contributed by atoms with E-state index in [2.05, 4.69) is 22.1 Å².